The molecule has 0 unspecified atom stereocenters. The van der Waals surface area contributed by atoms with Crippen molar-refractivity contribution < 1.29 is 15.0 Å². The first kappa shape index (κ1) is 31.1. The number of unbranched alkanes of at least 4 members (excludes halogenated alkanes) is 17. The van der Waals surface area contributed by atoms with Gasteiger partial charge in [0.15, 0.2) is 0 Å². The molecule has 0 bridgehead atoms. The maximum Gasteiger partial charge on any atom is 0.220 e. The van der Waals surface area contributed by atoms with Crippen molar-refractivity contribution in [3.8, 4) is 0 Å². The van der Waals surface area contributed by atoms with Crippen LogP contribution in [0.5, 0.6) is 0 Å². The summed E-state index contributed by atoms with van der Waals surface area (Å²) in [4.78, 5) is 12.0. The molecule has 0 radical (unpaired) electrons. The summed E-state index contributed by atoms with van der Waals surface area (Å²) in [5.74, 6) is -0.0792. The fourth-order valence-corrected chi connectivity index (χ4v) is 4.06. The number of aliphatic hydroxyl groups excluding tert-OH is 2. The van der Waals surface area contributed by atoms with Crippen LogP contribution in [0.4, 0.5) is 0 Å². The number of nitrogens with one attached hydrogen (secondary N) is 1. The van der Waals surface area contributed by atoms with Gasteiger partial charge in [-0.2, -0.15) is 0 Å². The van der Waals surface area contributed by atoms with E-state index < -0.39 is 12.1 Å². The molecule has 0 aliphatic carbocycles. The fraction of sp³-hybridized carbons (Fsp3) is 0.893. The molecule has 1 amide bonds. The molecule has 0 aliphatic rings. The summed E-state index contributed by atoms with van der Waals surface area (Å²) in [5.41, 5.74) is 0. The summed E-state index contributed by atoms with van der Waals surface area (Å²) in [6.07, 6.45) is 27.3. The third-order valence-electron chi connectivity index (χ3n) is 6.27. The number of allylic oxidation sites excluding steroid dienone is 1. The highest BCUT2D eigenvalue weighted by Gasteiger charge is 2.17. The topological polar surface area (TPSA) is 69.6 Å². The minimum absolute atomic E-state index is 0.0792. The van der Waals surface area contributed by atoms with E-state index in [9.17, 15) is 15.0 Å². The number of carbonyl (C=O) groups is 1. The number of aliphatic hydroxyl groups is 2. The second kappa shape index (κ2) is 24.8. The van der Waals surface area contributed by atoms with Crippen LogP contribution in [-0.4, -0.2) is 34.9 Å². The van der Waals surface area contributed by atoms with Gasteiger partial charge in [0.05, 0.1) is 18.8 Å². The fourth-order valence-electron chi connectivity index (χ4n) is 4.06. The number of amides is 1. The number of hydrogen-bond donors (Lipinski definition) is 3. The van der Waals surface area contributed by atoms with Crippen LogP contribution < -0.4 is 5.32 Å². The summed E-state index contributed by atoms with van der Waals surface area (Å²) >= 11 is 0. The van der Waals surface area contributed by atoms with Gasteiger partial charge in [-0.15, -0.1) is 0 Å². The van der Waals surface area contributed by atoms with Crippen molar-refractivity contribution >= 4 is 5.91 Å². The quantitative estimate of drug-likeness (QED) is 0.107. The van der Waals surface area contributed by atoms with Gasteiger partial charge in [-0.25, -0.2) is 0 Å². The molecule has 190 valence electrons. The zero-order chi connectivity index (χ0) is 23.7. The maximum absolute atomic E-state index is 12.0. The average Bonchev–Trinajstić information content (AvgIpc) is 2.79. The third kappa shape index (κ3) is 21.0. The molecule has 0 saturated heterocycles. The van der Waals surface area contributed by atoms with E-state index in [-0.39, 0.29) is 12.5 Å². The lowest BCUT2D eigenvalue weighted by Gasteiger charge is -2.20. The van der Waals surface area contributed by atoms with Gasteiger partial charge in [0.25, 0.3) is 0 Å². The Morgan fingerprint density at radius 1 is 0.719 bits per heavy atom. The van der Waals surface area contributed by atoms with E-state index in [0.717, 1.165) is 32.1 Å². The van der Waals surface area contributed by atoms with Crippen molar-refractivity contribution in [1.29, 1.82) is 0 Å². The molecule has 4 heteroatoms. The first-order valence-corrected chi connectivity index (χ1v) is 13.9. The maximum atomic E-state index is 12.0. The van der Waals surface area contributed by atoms with Crippen molar-refractivity contribution in [2.75, 3.05) is 6.61 Å². The second-order valence-electron chi connectivity index (χ2n) is 9.47. The van der Waals surface area contributed by atoms with Crippen molar-refractivity contribution in [3.63, 3.8) is 0 Å². The molecule has 0 fully saturated rings. The lowest BCUT2D eigenvalue weighted by atomic mass is 10.0. The molecule has 0 aromatic heterocycles. The molecule has 0 heterocycles. The van der Waals surface area contributed by atoms with Gasteiger partial charge in [-0.1, -0.05) is 129 Å². The molecule has 0 spiro atoms. The monoisotopic (exact) mass is 453 g/mol. The molecule has 32 heavy (non-hydrogen) atoms. The molecule has 0 rings (SSSR count). The summed E-state index contributed by atoms with van der Waals surface area (Å²) < 4.78 is 0. The summed E-state index contributed by atoms with van der Waals surface area (Å²) in [6.45, 7) is 4.20. The lowest BCUT2D eigenvalue weighted by molar-refractivity contribution is -0.123. The van der Waals surface area contributed by atoms with Crippen LogP contribution >= 0.6 is 0 Å². The highest BCUT2D eigenvalue weighted by atomic mass is 16.3. The van der Waals surface area contributed by atoms with Gasteiger partial charge < -0.3 is 15.5 Å². The van der Waals surface area contributed by atoms with Gasteiger partial charge in [0.2, 0.25) is 5.91 Å². The van der Waals surface area contributed by atoms with Crippen molar-refractivity contribution in [2.45, 2.75) is 154 Å². The first-order chi connectivity index (χ1) is 15.7. The normalized spacial score (nSPS) is 13.5. The van der Waals surface area contributed by atoms with Crippen molar-refractivity contribution in [1.82, 2.24) is 5.32 Å². The minimum atomic E-state index is -0.828. The molecular weight excluding hydrogens is 398 g/mol. The molecule has 0 aromatic carbocycles. The lowest BCUT2D eigenvalue weighted by Crippen LogP contribution is -2.45. The molecule has 0 aliphatic heterocycles. The predicted molar refractivity (Wildman–Crippen MR) is 138 cm³/mol. The largest absolute Gasteiger partial charge is 0.394 e. The summed E-state index contributed by atoms with van der Waals surface area (Å²) in [7, 11) is 0. The van der Waals surface area contributed by atoms with Gasteiger partial charge in [0, 0.05) is 6.42 Å². The van der Waals surface area contributed by atoms with E-state index in [2.05, 4.69) is 19.2 Å². The molecular formula is C28H55NO3. The Morgan fingerprint density at radius 3 is 1.62 bits per heavy atom. The van der Waals surface area contributed by atoms with Crippen LogP contribution in [0.3, 0.4) is 0 Å². The highest BCUT2D eigenvalue weighted by molar-refractivity contribution is 5.76. The van der Waals surface area contributed by atoms with Gasteiger partial charge in [-0.3, -0.25) is 4.79 Å². The van der Waals surface area contributed by atoms with E-state index in [1.54, 1.807) is 6.08 Å². The smallest absolute Gasteiger partial charge is 0.220 e. The van der Waals surface area contributed by atoms with Crippen LogP contribution in [0.25, 0.3) is 0 Å². The number of rotatable bonds is 24. The average molecular weight is 454 g/mol. The Bertz CT molecular complexity index is 425. The van der Waals surface area contributed by atoms with E-state index >= 15 is 0 Å². The summed E-state index contributed by atoms with van der Waals surface area (Å²) in [6, 6.07) is -0.610. The Kier molecular flexibility index (Phi) is 24.1. The number of hydrogen-bond acceptors (Lipinski definition) is 3. The number of carbonyl (C=O) groups excluding carboxylic acids is 1. The Hall–Kier alpha value is -0.870. The van der Waals surface area contributed by atoms with Crippen molar-refractivity contribution in [2.24, 2.45) is 0 Å². The second-order valence-corrected chi connectivity index (χ2v) is 9.47. The molecule has 2 atom stereocenters. The van der Waals surface area contributed by atoms with E-state index in [1.807, 2.05) is 6.08 Å². The predicted octanol–water partition coefficient (Wildman–Crippen LogP) is 7.22. The molecule has 4 nitrogen and oxygen atoms in total. The van der Waals surface area contributed by atoms with Gasteiger partial charge in [0.1, 0.15) is 0 Å². The van der Waals surface area contributed by atoms with Gasteiger partial charge >= 0.3 is 0 Å². The zero-order valence-electron chi connectivity index (χ0n) is 21.5. The van der Waals surface area contributed by atoms with Crippen molar-refractivity contribution in [3.05, 3.63) is 12.2 Å². The highest BCUT2D eigenvalue weighted by Crippen LogP contribution is 2.13. The van der Waals surface area contributed by atoms with E-state index in [1.165, 1.54) is 89.9 Å². The minimum Gasteiger partial charge on any atom is -0.394 e. The molecule has 0 aromatic rings. The summed E-state index contributed by atoms with van der Waals surface area (Å²) in [5, 5.41) is 22.5. The Balaban J connectivity index is 3.63. The zero-order valence-corrected chi connectivity index (χ0v) is 21.5. The van der Waals surface area contributed by atoms with Crippen LogP contribution in [-0.2, 0) is 4.79 Å². The van der Waals surface area contributed by atoms with Gasteiger partial charge in [-0.05, 0) is 19.3 Å². The molecule has 0 saturated carbocycles. The SMILES string of the molecule is CCCCCCCCCCCCCCC/C=C/[C@@H](O)[C@H](CO)NC(=O)CCCCCCC. The van der Waals surface area contributed by atoms with Crippen LogP contribution in [0.1, 0.15) is 142 Å². The van der Waals surface area contributed by atoms with E-state index in [0.29, 0.717) is 6.42 Å². The third-order valence-corrected chi connectivity index (χ3v) is 6.27. The van der Waals surface area contributed by atoms with Crippen LogP contribution in [0.2, 0.25) is 0 Å². The van der Waals surface area contributed by atoms with E-state index in [4.69, 9.17) is 0 Å². The Labute approximate surface area is 199 Å². The van der Waals surface area contributed by atoms with Crippen LogP contribution in [0.15, 0.2) is 12.2 Å². The Morgan fingerprint density at radius 2 is 1.16 bits per heavy atom. The molecule has 3 N–H and O–H groups in total. The first-order valence-electron chi connectivity index (χ1n) is 13.9. The van der Waals surface area contributed by atoms with Crippen LogP contribution in [0, 0.1) is 0 Å². The standard InChI is InChI=1S/C28H55NO3/c1-3-5-7-9-10-11-12-13-14-15-16-17-18-20-21-23-27(31)26(25-30)29-28(32)24-22-19-8-6-4-2/h21,23,26-27,30-31H,3-20,22,24-25H2,1-2H3,(H,29,32)/b23-21+/t26-,27+/m0/s1.